The van der Waals surface area contributed by atoms with Crippen LogP contribution in [0.5, 0.6) is 0 Å². The summed E-state index contributed by atoms with van der Waals surface area (Å²) >= 11 is 0. The first-order chi connectivity index (χ1) is 6.28. The van der Waals surface area contributed by atoms with Crippen molar-refractivity contribution in [3.05, 3.63) is 0 Å². The molecule has 0 radical (unpaired) electrons. The summed E-state index contributed by atoms with van der Waals surface area (Å²) in [4.78, 5) is 0. The van der Waals surface area contributed by atoms with Crippen LogP contribution in [0, 0.1) is 0 Å². The SMILES string of the molecule is CO[C@@H]1[C@@H](N)COC12CCOCC2.Cl. The third-order valence-electron chi connectivity index (χ3n) is 3.06. The standard InChI is InChI=1S/C9H17NO3.ClH/c1-11-8-7(10)6-13-9(8)2-4-12-5-3-9;/h7-8H,2-6,10H2,1H3;1H/t7-,8+;/m0./s1. The molecule has 4 nitrogen and oxygen atoms in total. The average molecular weight is 224 g/mol. The second-order valence-electron chi connectivity index (χ2n) is 3.81. The minimum atomic E-state index is -0.160. The van der Waals surface area contributed by atoms with Crippen LogP contribution in [0.15, 0.2) is 0 Å². The lowest BCUT2D eigenvalue weighted by Crippen LogP contribution is -2.50. The van der Waals surface area contributed by atoms with Gasteiger partial charge in [0, 0.05) is 33.2 Å². The van der Waals surface area contributed by atoms with E-state index >= 15 is 0 Å². The number of ether oxygens (including phenoxy) is 3. The average Bonchev–Trinajstić information content (AvgIpc) is 2.45. The minimum Gasteiger partial charge on any atom is -0.381 e. The van der Waals surface area contributed by atoms with Crippen LogP contribution in [0.25, 0.3) is 0 Å². The van der Waals surface area contributed by atoms with Crippen LogP contribution in [0.1, 0.15) is 12.8 Å². The van der Waals surface area contributed by atoms with Gasteiger partial charge in [0.15, 0.2) is 0 Å². The van der Waals surface area contributed by atoms with Gasteiger partial charge in [0.25, 0.3) is 0 Å². The summed E-state index contributed by atoms with van der Waals surface area (Å²) in [7, 11) is 1.70. The number of hydrogen-bond donors (Lipinski definition) is 1. The fourth-order valence-corrected chi connectivity index (χ4v) is 2.36. The third kappa shape index (κ3) is 1.90. The van der Waals surface area contributed by atoms with Gasteiger partial charge in [-0.15, -0.1) is 12.4 Å². The molecular weight excluding hydrogens is 206 g/mol. The largest absolute Gasteiger partial charge is 0.381 e. The van der Waals surface area contributed by atoms with E-state index in [1.807, 2.05) is 0 Å². The molecule has 2 rings (SSSR count). The van der Waals surface area contributed by atoms with Crippen molar-refractivity contribution in [2.45, 2.75) is 30.6 Å². The summed E-state index contributed by atoms with van der Waals surface area (Å²) in [6.07, 6.45) is 1.84. The summed E-state index contributed by atoms with van der Waals surface area (Å²) in [5, 5.41) is 0. The molecule has 0 unspecified atom stereocenters. The van der Waals surface area contributed by atoms with Crippen molar-refractivity contribution in [1.82, 2.24) is 0 Å². The first-order valence-corrected chi connectivity index (χ1v) is 4.78. The zero-order valence-electron chi connectivity index (χ0n) is 8.40. The van der Waals surface area contributed by atoms with Crippen molar-refractivity contribution in [2.75, 3.05) is 26.9 Å². The molecule has 2 atom stereocenters. The third-order valence-corrected chi connectivity index (χ3v) is 3.06. The van der Waals surface area contributed by atoms with Gasteiger partial charge in [-0.2, -0.15) is 0 Å². The van der Waals surface area contributed by atoms with Gasteiger partial charge in [0.05, 0.1) is 12.6 Å². The molecule has 2 saturated heterocycles. The topological polar surface area (TPSA) is 53.7 Å². The molecule has 1 spiro atoms. The van der Waals surface area contributed by atoms with Gasteiger partial charge in [0.1, 0.15) is 11.7 Å². The van der Waals surface area contributed by atoms with Gasteiger partial charge < -0.3 is 19.9 Å². The Morgan fingerprint density at radius 1 is 1.36 bits per heavy atom. The lowest BCUT2D eigenvalue weighted by molar-refractivity contribution is -0.128. The summed E-state index contributed by atoms with van der Waals surface area (Å²) in [6, 6.07) is 0.0168. The molecule has 2 aliphatic rings. The van der Waals surface area contributed by atoms with Crippen LogP contribution in [-0.4, -0.2) is 44.7 Å². The Balaban J connectivity index is 0.000000980. The number of methoxy groups -OCH3 is 1. The van der Waals surface area contributed by atoms with Gasteiger partial charge in [-0.05, 0) is 0 Å². The molecule has 0 aromatic carbocycles. The zero-order chi connectivity index (χ0) is 9.31. The molecular formula is C9H18ClNO3. The lowest BCUT2D eigenvalue weighted by atomic mass is 9.87. The second kappa shape index (κ2) is 4.77. The molecule has 0 aliphatic carbocycles. The number of nitrogens with two attached hydrogens (primary N) is 1. The summed E-state index contributed by atoms with van der Waals surface area (Å²) in [5.74, 6) is 0. The van der Waals surface area contributed by atoms with E-state index in [9.17, 15) is 0 Å². The number of rotatable bonds is 1. The molecule has 2 heterocycles. The molecule has 2 aliphatic heterocycles. The van der Waals surface area contributed by atoms with Crippen LogP contribution < -0.4 is 5.73 Å². The predicted octanol–water partition coefficient (Wildman–Crippen LogP) is 0.330. The predicted molar refractivity (Wildman–Crippen MR) is 54.8 cm³/mol. The lowest BCUT2D eigenvalue weighted by Gasteiger charge is -2.37. The van der Waals surface area contributed by atoms with Crippen molar-refractivity contribution in [3.8, 4) is 0 Å². The maximum Gasteiger partial charge on any atom is 0.103 e. The van der Waals surface area contributed by atoms with Crippen molar-refractivity contribution >= 4 is 12.4 Å². The highest BCUT2D eigenvalue weighted by Crippen LogP contribution is 2.36. The summed E-state index contributed by atoms with van der Waals surface area (Å²) in [6.45, 7) is 2.12. The molecule has 0 amide bonds. The number of halogens is 1. The van der Waals surface area contributed by atoms with Crippen molar-refractivity contribution < 1.29 is 14.2 Å². The van der Waals surface area contributed by atoms with E-state index in [0.29, 0.717) is 6.61 Å². The Labute approximate surface area is 90.5 Å². The maximum absolute atomic E-state index is 5.90. The quantitative estimate of drug-likeness (QED) is 0.696. The smallest absolute Gasteiger partial charge is 0.103 e. The molecule has 2 fully saturated rings. The first kappa shape index (κ1) is 12.2. The Kier molecular flexibility index (Phi) is 4.15. The van der Waals surface area contributed by atoms with E-state index in [0.717, 1.165) is 26.1 Å². The van der Waals surface area contributed by atoms with Crippen molar-refractivity contribution in [1.29, 1.82) is 0 Å². The number of hydrogen-bond acceptors (Lipinski definition) is 4. The molecule has 0 aromatic heterocycles. The highest BCUT2D eigenvalue weighted by atomic mass is 35.5. The van der Waals surface area contributed by atoms with E-state index in [4.69, 9.17) is 19.9 Å². The van der Waals surface area contributed by atoms with E-state index < -0.39 is 0 Å². The van der Waals surface area contributed by atoms with E-state index in [1.54, 1.807) is 7.11 Å². The first-order valence-electron chi connectivity index (χ1n) is 4.78. The zero-order valence-corrected chi connectivity index (χ0v) is 9.22. The Hall–Kier alpha value is 0.130. The molecule has 2 N–H and O–H groups in total. The minimum absolute atomic E-state index is 0. The van der Waals surface area contributed by atoms with Gasteiger partial charge in [0.2, 0.25) is 0 Å². The van der Waals surface area contributed by atoms with E-state index in [-0.39, 0.29) is 30.2 Å². The summed E-state index contributed by atoms with van der Waals surface area (Å²) in [5.41, 5.74) is 5.74. The fourth-order valence-electron chi connectivity index (χ4n) is 2.36. The monoisotopic (exact) mass is 223 g/mol. The second-order valence-corrected chi connectivity index (χ2v) is 3.81. The van der Waals surface area contributed by atoms with E-state index in [1.165, 1.54) is 0 Å². The molecule has 84 valence electrons. The Morgan fingerprint density at radius 3 is 2.57 bits per heavy atom. The maximum atomic E-state index is 5.90. The van der Waals surface area contributed by atoms with Crippen LogP contribution >= 0.6 is 12.4 Å². The normalized spacial score (nSPS) is 35.6. The fraction of sp³-hybridized carbons (Fsp3) is 1.00. The molecule has 5 heteroatoms. The van der Waals surface area contributed by atoms with Gasteiger partial charge in [-0.3, -0.25) is 0 Å². The van der Waals surface area contributed by atoms with Crippen molar-refractivity contribution in [2.24, 2.45) is 5.73 Å². The van der Waals surface area contributed by atoms with Gasteiger partial charge >= 0.3 is 0 Å². The van der Waals surface area contributed by atoms with E-state index in [2.05, 4.69) is 0 Å². The van der Waals surface area contributed by atoms with Crippen LogP contribution in [-0.2, 0) is 14.2 Å². The molecule has 0 aromatic rings. The molecule has 0 saturated carbocycles. The highest BCUT2D eigenvalue weighted by molar-refractivity contribution is 5.85. The molecule has 0 bridgehead atoms. The highest BCUT2D eigenvalue weighted by Gasteiger charge is 2.49. The molecule has 14 heavy (non-hydrogen) atoms. The Bertz CT molecular complexity index is 179. The van der Waals surface area contributed by atoms with Crippen LogP contribution in [0.4, 0.5) is 0 Å². The van der Waals surface area contributed by atoms with Crippen LogP contribution in [0.3, 0.4) is 0 Å². The van der Waals surface area contributed by atoms with Crippen LogP contribution in [0.2, 0.25) is 0 Å². The van der Waals surface area contributed by atoms with Gasteiger partial charge in [-0.25, -0.2) is 0 Å². The summed E-state index contributed by atoms with van der Waals surface area (Å²) < 4.78 is 16.5. The Morgan fingerprint density at radius 2 is 2.00 bits per heavy atom. The van der Waals surface area contributed by atoms with Crippen molar-refractivity contribution in [3.63, 3.8) is 0 Å². The van der Waals surface area contributed by atoms with Gasteiger partial charge in [-0.1, -0.05) is 0 Å².